The van der Waals surface area contributed by atoms with Gasteiger partial charge in [-0.25, -0.2) is 4.31 Å². The van der Waals surface area contributed by atoms with Gasteiger partial charge in [-0.3, -0.25) is 0 Å². The van der Waals surface area contributed by atoms with E-state index in [1.165, 1.54) is 13.0 Å². The largest absolute Gasteiger partial charge is 0.237 e. The molecule has 1 nitrogen and oxygen atoms in total. The Bertz CT molecular complexity index is 114. The maximum Gasteiger partial charge on any atom is 0.0391 e. The van der Waals surface area contributed by atoms with Crippen LogP contribution < -0.4 is 0 Å². The normalized spacial score (nSPS) is 35.1. The molecule has 2 unspecified atom stereocenters. The predicted molar refractivity (Wildman–Crippen MR) is 56.6 cm³/mol. The van der Waals surface area contributed by atoms with E-state index in [4.69, 9.17) is 11.6 Å². The van der Waals surface area contributed by atoms with Crippen LogP contribution in [0.1, 0.15) is 13.3 Å². The van der Waals surface area contributed by atoms with Crippen LogP contribution in [0.4, 0.5) is 0 Å². The van der Waals surface area contributed by atoms with Crippen LogP contribution in [-0.2, 0) is 0 Å². The second kappa shape index (κ2) is 4.38. The Kier molecular flexibility index (Phi) is 4.12. The molecule has 1 aliphatic rings. The molecule has 0 N–H and O–H groups in total. The topological polar surface area (TPSA) is 3.24 Å². The molecule has 1 rings (SSSR count). The van der Waals surface area contributed by atoms with Gasteiger partial charge in [0.1, 0.15) is 0 Å². The Morgan fingerprint density at radius 1 is 1.80 bits per heavy atom. The molecular weight excluding hydrogens is 280 g/mol. The summed E-state index contributed by atoms with van der Waals surface area (Å²) in [6, 6.07) is 0.601. The van der Waals surface area contributed by atoms with Crippen molar-refractivity contribution in [3.05, 3.63) is 0 Å². The standard InChI is InChI=1S/C6H11ClINS/c1-5-2-3-9(10-8)6(5)4-7/h5-6H,2-4H2,1H3. The first-order valence-corrected chi connectivity index (χ1v) is 7.26. The van der Waals surface area contributed by atoms with E-state index in [9.17, 15) is 0 Å². The lowest BCUT2D eigenvalue weighted by Gasteiger charge is -2.20. The number of halogens is 2. The van der Waals surface area contributed by atoms with Crippen LogP contribution in [0.25, 0.3) is 0 Å². The average Bonchev–Trinajstić information content (AvgIpc) is 2.30. The summed E-state index contributed by atoms with van der Waals surface area (Å²) >= 11 is 8.14. The quantitative estimate of drug-likeness (QED) is 0.437. The third-order valence-electron chi connectivity index (χ3n) is 2.08. The third-order valence-corrected chi connectivity index (χ3v) is 4.54. The van der Waals surface area contributed by atoms with Gasteiger partial charge in [-0.1, -0.05) is 6.92 Å². The van der Waals surface area contributed by atoms with Gasteiger partial charge in [0.05, 0.1) is 0 Å². The van der Waals surface area contributed by atoms with Crippen molar-refractivity contribution in [1.82, 2.24) is 4.31 Å². The van der Waals surface area contributed by atoms with E-state index in [0.29, 0.717) is 6.04 Å². The van der Waals surface area contributed by atoms with Gasteiger partial charge in [0, 0.05) is 39.7 Å². The SMILES string of the molecule is CC1CCN(SI)C1CCl. The molecule has 10 heavy (non-hydrogen) atoms. The van der Waals surface area contributed by atoms with Crippen molar-refractivity contribution in [1.29, 1.82) is 0 Å². The van der Waals surface area contributed by atoms with Crippen molar-refractivity contribution in [2.75, 3.05) is 12.4 Å². The summed E-state index contributed by atoms with van der Waals surface area (Å²) in [4.78, 5) is 0. The van der Waals surface area contributed by atoms with Crippen molar-refractivity contribution in [2.45, 2.75) is 19.4 Å². The zero-order valence-corrected chi connectivity index (χ0v) is 9.62. The molecule has 0 aromatic carbocycles. The first kappa shape index (κ1) is 9.42. The number of alkyl halides is 1. The van der Waals surface area contributed by atoms with Crippen molar-refractivity contribution >= 4 is 41.9 Å². The Morgan fingerprint density at radius 3 is 2.90 bits per heavy atom. The van der Waals surface area contributed by atoms with Crippen molar-refractivity contribution in [3.8, 4) is 0 Å². The molecule has 0 aromatic rings. The van der Waals surface area contributed by atoms with Crippen LogP contribution in [0, 0.1) is 5.92 Å². The minimum Gasteiger partial charge on any atom is -0.237 e. The molecule has 60 valence electrons. The van der Waals surface area contributed by atoms with E-state index >= 15 is 0 Å². The van der Waals surface area contributed by atoms with E-state index in [0.717, 1.165) is 11.8 Å². The highest BCUT2D eigenvalue weighted by atomic mass is 127. The van der Waals surface area contributed by atoms with Gasteiger partial charge in [0.25, 0.3) is 0 Å². The van der Waals surface area contributed by atoms with Crippen LogP contribution in [0.15, 0.2) is 0 Å². The van der Waals surface area contributed by atoms with Crippen molar-refractivity contribution < 1.29 is 0 Å². The number of nitrogens with zero attached hydrogens (tertiary/aromatic N) is 1. The summed E-state index contributed by atoms with van der Waals surface area (Å²) in [6.45, 7) is 3.48. The first-order valence-electron chi connectivity index (χ1n) is 3.41. The van der Waals surface area contributed by atoms with E-state index in [1.807, 2.05) is 0 Å². The minimum absolute atomic E-state index is 0.601. The fraction of sp³-hybridized carbons (Fsp3) is 1.00. The van der Waals surface area contributed by atoms with Crippen molar-refractivity contribution in [3.63, 3.8) is 0 Å². The van der Waals surface area contributed by atoms with Crippen molar-refractivity contribution in [2.24, 2.45) is 5.92 Å². The molecule has 1 saturated heterocycles. The van der Waals surface area contributed by atoms with Gasteiger partial charge in [-0.15, -0.1) is 11.6 Å². The molecule has 0 spiro atoms. The molecule has 0 amide bonds. The van der Waals surface area contributed by atoms with Gasteiger partial charge < -0.3 is 0 Å². The van der Waals surface area contributed by atoms with Gasteiger partial charge in [-0.2, -0.15) is 0 Å². The molecule has 1 heterocycles. The number of hydrogen-bond donors (Lipinski definition) is 0. The molecule has 4 heteroatoms. The summed E-state index contributed by atoms with van der Waals surface area (Å²) < 4.78 is 2.37. The van der Waals surface area contributed by atoms with Gasteiger partial charge in [0.2, 0.25) is 0 Å². The molecule has 0 saturated carbocycles. The number of hydrogen-bond acceptors (Lipinski definition) is 2. The van der Waals surface area contributed by atoms with E-state index < -0.39 is 0 Å². The lowest BCUT2D eigenvalue weighted by atomic mass is 10.1. The highest BCUT2D eigenvalue weighted by Crippen LogP contribution is 2.33. The summed E-state index contributed by atoms with van der Waals surface area (Å²) in [5.74, 6) is 1.55. The van der Waals surface area contributed by atoms with Gasteiger partial charge in [-0.05, 0) is 21.5 Å². The van der Waals surface area contributed by atoms with Crippen LogP contribution in [0.2, 0.25) is 0 Å². The fourth-order valence-electron chi connectivity index (χ4n) is 1.29. The second-order valence-electron chi connectivity index (χ2n) is 2.70. The highest BCUT2D eigenvalue weighted by Gasteiger charge is 2.30. The second-order valence-corrected chi connectivity index (χ2v) is 4.79. The predicted octanol–water partition coefficient (Wildman–Crippen LogP) is 2.93. The summed E-state index contributed by atoms with van der Waals surface area (Å²) in [7, 11) is 1.79. The fourth-order valence-corrected chi connectivity index (χ4v) is 3.87. The van der Waals surface area contributed by atoms with E-state index in [1.54, 1.807) is 9.12 Å². The molecule has 2 atom stereocenters. The van der Waals surface area contributed by atoms with E-state index in [2.05, 4.69) is 32.4 Å². The summed E-state index contributed by atoms with van der Waals surface area (Å²) in [5.41, 5.74) is 0. The zero-order valence-electron chi connectivity index (χ0n) is 5.89. The Morgan fingerprint density at radius 2 is 2.50 bits per heavy atom. The maximum absolute atomic E-state index is 5.82. The molecule has 0 aliphatic carbocycles. The molecule has 0 radical (unpaired) electrons. The Balaban J connectivity index is 2.45. The molecule has 1 fully saturated rings. The first-order chi connectivity index (χ1) is 4.79. The molecule has 1 aliphatic heterocycles. The molecule has 0 aromatic heterocycles. The third kappa shape index (κ3) is 1.93. The summed E-state index contributed by atoms with van der Waals surface area (Å²) in [6.07, 6.45) is 1.30. The van der Waals surface area contributed by atoms with Gasteiger partial charge >= 0.3 is 0 Å². The Labute approximate surface area is 83.6 Å². The highest BCUT2D eigenvalue weighted by molar-refractivity contribution is 14.2. The van der Waals surface area contributed by atoms with Crippen LogP contribution in [0.3, 0.4) is 0 Å². The van der Waals surface area contributed by atoms with Crippen LogP contribution >= 0.6 is 41.9 Å². The monoisotopic (exact) mass is 291 g/mol. The van der Waals surface area contributed by atoms with Crippen LogP contribution in [-0.4, -0.2) is 22.8 Å². The maximum atomic E-state index is 5.82. The number of rotatable bonds is 2. The van der Waals surface area contributed by atoms with Gasteiger partial charge in [0.15, 0.2) is 0 Å². The molecule has 0 bridgehead atoms. The zero-order chi connectivity index (χ0) is 7.56. The average molecular weight is 292 g/mol. The Hall–Kier alpha value is 1.33. The van der Waals surface area contributed by atoms with Crippen LogP contribution in [0.5, 0.6) is 0 Å². The smallest absolute Gasteiger partial charge is 0.0391 e. The summed E-state index contributed by atoms with van der Waals surface area (Å²) in [5, 5.41) is 0. The lowest BCUT2D eigenvalue weighted by Crippen LogP contribution is -2.26. The molecular formula is C6H11ClINS. The van der Waals surface area contributed by atoms with E-state index in [-0.39, 0.29) is 0 Å². The minimum atomic E-state index is 0.601. The lowest BCUT2D eigenvalue weighted by molar-refractivity contribution is 0.417.